The molecule has 1 aliphatic heterocycles. The number of hydrogen-bond donors (Lipinski definition) is 2. The number of ether oxygens (including phenoxy) is 1. The lowest BCUT2D eigenvalue weighted by atomic mass is 10.0. The van der Waals surface area contributed by atoms with Gasteiger partial charge in [0.15, 0.2) is 0 Å². The van der Waals surface area contributed by atoms with Gasteiger partial charge in [0, 0.05) is 44.0 Å². The third-order valence-electron chi connectivity index (χ3n) is 7.09. The third kappa shape index (κ3) is 10.7. The Morgan fingerprint density at radius 1 is 1.00 bits per heavy atom. The van der Waals surface area contributed by atoms with Crippen LogP contribution in [0.15, 0.2) is 66.7 Å². The van der Waals surface area contributed by atoms with Gasteiger partial charge in [0.05, 0.1) is 11.9 Å². The summed E-state index contributed by atoms with van der Waals surface area (Å²) in [5, 5.41) is 3.05. The molecule has 0 atom stereocenters. The van der Waals surface area contributed by atoms with Crippen LogP contribution < -0.4 is 19.7 Å². The molecule has 0 aromatic heterocycles. The summed E-state index contributed by atoms with van der Waals surface area (Å²) in [6, 6.07) is 17.9. The number of nitrogens with one attached hydrogen (secondary N) is 2. The molecule has 3 aromatic carbocycles. The van der Waals surface area contributed by atoms with Crippen molar-refractivity contribution in [2.24, 2.45) is 0 Å². The van der Waals surface area contributed by atoms with Crippen LogP contribution in [0.4, 0.5) is 25.0 Å². The van der Waals surface area contributed by atoms with Gasteiger partial charge in [0.1, 0.15) is 24.0 Å². The van der Waals surface area contributed by atoms with Crippen molar-refractivity contribution in [2.45, 2.75) is 51.8 Å². The quantitative estimate of drug-likeness (QED) is 0.243. The average Bonchev–Trinajstić information content (AvgIpc) is 2.95. The van der Waals surface area contributed by atoms with E-state index >= 15 is 0 Å². The van der Waals surface area contributed by atoms with Crippen LogP contribution in [0, 0.1) is 11.6 Å². The molecule has 0 saturated carbocycles. The van der Waals surface area contributed by atoms with E-state index in [1.807, 2.05) is 43.3 Å². The molecular weight excluding hydrogens is 598 g/mol. The average molecular weight is 637 g/mol. The van der Waals surface area contributed by atoms with Crippen molar-refractivity contribution in [3.8, 4) is 5.75 Å². The topological polar surface area (TPSA) is 91.0 Å². The molecule has 1 fully saturated rings. The number of halogens is 3. The SMILES string of the molecule is CCCCN(C(=O)NC1CCN(Cc2ccc(OCc3ccc(NS(C)(=O)=O)cc3)cc2)CC1)c1ccc(F)cc1F.Cl. The maximum atomic E-state index is 14.4. The zero-order chi connectivity index (χ0) is 30.1. The first-order valence-electron chi connectivity index (χ1n) is 14.1. The maximum absolute atomic E-state index is 14.4. The number of nitrogens with zero attached hydrogens (tertiary/aromatic N) is 2. The zero-order valence-electron chi connectivity index (χ0n) is 24.4. The molecule has 2 N–H and O–H groups in total. The van der Waals surface area contributed by atoms with E-state index in [0.29, 0.717) is 25.3 Å². The number of carbonyl (C=O) groups excluding carboxylic acids is 1. The Hall–Kier alpha value is -3.41. The number of urea groups is 1. The van der Waals surface area contributed by atoms with Gasteiger partial charge in [-0.2, -0.15) is 0 Å². The number of amides is 2. The van der Waals surface area contributed by atoms with Crippen molar-refractivity contribution >= 4 is 39.8 Å². The summed E-state index contributed by atoms with van der Waals surface area (Å²) < 4.78 is 58.8. The van der Waals surface area contributed by atoms with Crippen LogP contribution in [-0.4, -0.2) is 51.3 Å². The standard InChI is InChI=1S/C31H38F2N4O4S.ClH/c1-3-4-17-37(30-14-9-25(32)20-29(30)33)31(38)34-26-15-18-36(19-16-26)21-23-7-12-28(13-8-23)41-22-24-5-10-27(11-6-24)35-42(2,39)40;/h5-14,20,26,35H,3-4,15-19,21-22H2,1-2H3,(H,34,38);1H. The van der Waals surface area contributed by atoms with E-state index in [1.54, 1.807) is 12.1 Å². The number of hydrogen-bond acceptors (Lipinski definition) is 5. The second kappa shape index (κ2) is 15.9. The summed E-state index contributed by atoms with van der Waals surface area (Å²) in [5.74, 6) is -0.676. The third-order valence-corrected chi connectivity index (χ3v) is 7.69. The van der Waals surface area contributed by atoms with E-state index in [1.165, 1.54) is 17.0 Å². The molecule has 0 spiro atoms. The Morgan fingerprint density at radius 3 is 2.26 bits per heavy atom. The summed E-state index contributed by atoms with van der Waals surface area (Å²) in [6.45, 7) is 5.12. The smallest absolute Gasteiger partial charge is 0.322 e. The molecule has 0 aliphatic carbocycles. The highest BCUT2D eigenvalue weighted by Crippen LogP contribution is 2.23. The summed E-state index contributed by atoms with van der Waals surface area (Å²) in [7, 11) is -3.31. The van der Waals surface area contributed by atoms with Gasteiger partial charge < -0.3 is 10.1 Å². The first kappa shape index (κ1) is 34.1. The fourth-order valence-corrected chi connectivity index (χ4v) is 5.40. The molecule has 1 saturated heterocycles. The predicted molar refractivity (Wildman–Crippen MR) is 168 cm³/mol. The van der Waals surface area contributed by atoms with Crippen LogP contribution in [0.3, 0.4) is 0 Å². The molecule has 1 heterocycles. The van der Waals surface area contributed by atoms with Gasteiger partial charge in [0.2, 0.25) is 10.0 Å². The number of benzene rings is 3. The van der Waals surface area contributed by atoms with Crippen molar-refractivity contribution < 1.29 is 26.7 Å². The predicted octanol–water partition coefficient (Wildman–Crippen LogP) is 6.32. The molecule has 3 aromatic rings. The summed E-state index contributed by atoms with van der Waals surface area (Å²) in [6.07, 6.45) is 4.22. The Kier molecular flexibility index (Phi) is 12.6. The fourth-order valence-electron chi connectivity index (χ4n) is 4.83. The Labute approximate surface area is 258 Å². The second-order valence-corrected chi connectivity index (χ2v) is 12.4. The molecule has 0 radical (unpaired) electrons. The monoisotopic (exact) mass is 636 g/mol. The van der Waals surface area contributed by atoms with Gasteiger partial charge in [-0.05, 0) is 66.8 Å². The van der Waals surface area contributed by atoms with Gasteiger partial charge in [-0.25, -0.2) is 22.0 Å². The molecule has 1 aliphatic rings. The first-order chi connectivity index (χ1) is 20.1. The van der Waals surface area contributed by atoms with Crippen LogP contribution in [-0.2, 0) is 23.2 Å². The van der Waals surface area contributed by atoms with Crippen molar-refractivity contribution in [2.75, 3.05) is 35.5 Å². The molecule has 0 unspecified atom stereocenters. The fraction of sp³-hybridized carbons (Fsp3) is 0.387. The number of rotatable bonds is 12. The zero-order valence-corrected chi connectivity index (χ0v) is 26.0. The van der Waals surface area contributed by atoms with Crippen LogP contribution in [0.2, 0.25) is 0 Å². The minimum absolute atomic E-state index is 0. The molecule has 2 amide bonds. The largest absolute Gasteiger partial charge is 0.489 e. The lowest BCUT2D eigenvalue weighted by molar-refractivity contribution is 0.188. The van der Waals surface area contributed by atoms with Crippen molar-refractivity contribution in [3.05, 3.63) is 89.5 Å². The Balaban J connectivity index is 0.00000506. The molecular formula is C31H39ClF2N4O4S. The number of unbranched alkanes of at least 4 members (excludes halogenated alkanes) is 1. The highest BCUT2D eigenvalue weighted by atomic mass is 35.5. The van der Waals surface area contributed by atoms with Gasteiger partial charge in [-0.15, -0.1) is 12.4 Å². The lowest BCUT2D eigenvalue weighted by Gasteiger charge is -2.34. The molecule has 234 valence electrons. The first-order valence-corrected chi connectivity index (χ1v) is 16.0. The van der Waals surface area contributed by atoms with Crippen molar-refractivity contribution in [3.63, 3.8) is 0 Å². The molecule has 12 heteroatoms. The van der Waals surface area contributed by atoms with Gasteiger partial charge >= 0.3 is 6.03 Å². The minimum atomic E-state index is -3.31. The minimum Gasteiger partial charge on any atom is -0.489 e. The molecule has 8 nitrogen and oxygen atoms in total. The summed E-state index contributed by atoms with van der Waals surface area (Å²) in [4.78, 5) is 16.8. The normalized spacial score (nSPS) is 14.0. The van der Waals surface area contributed by atoms with Crippen molar-refractivity contribution in [1.29, 1.82) is 0 Å². The van der Waals surface area contributed by atoms with E-state index in [4.69, 9.17) is 4.74 Å². The second-order valence-electron chi connectivity index (χ2n) is 10.6. The summed E-state index contributed by atoms with van der Waals surface area (Å²) >= 11 is 0. The summed E-state index contributed by atoms with van der Waals surface area (Å²) in [5.41, 5.74) is 2.67. The van der Waals surface area contributed by atoms with Gasteiger partial charge in [0.25, 0.3) is 0 Å². The van der Waals surface area contributed by atoms with Crippen LogP contribution >= 0.6 is 12.4 Å². The van der Waals surface area contributed by atoms with Gasteiger partial charge in [-0.3, -0.25) is 14.5 Å². The van der Waals surface area contributed by atoms with E-state index in [-0.39, 0.29) is 30.2 Å². The highest BCUT2D eigenvalue weighted by molar-refractivity contribution is 7.92. The highest BCUT2D eigenvalue weighted by Gasteiger charge is 2.25. The van der Waals surface area contributed by atoms with E-state index in [2.05, 4.69) is 14.9 Å². The number of carbonyl (C=O) groups is 1. The van der Waals surface area contributed by atoms with Gasteiger partial charge in [-0.1, -0.05) is 37.6 Å². The molecule has 4 rings (SSSR count). The lowest BCUT2D eigenvalue weighted by Crippen LogP contribution is -2.49. The number of likely N-dealkylation sites (tertiary alicyclic amines) is 1. The van der Waals surface area contributed by atoms with E-state index in [0.717, 1.165) is 68.1 Å². The Morgan fingerprint density at radius 2 is 1.65 bits per heavy atom. The van der Waals surface area contributed by atoms with Crippen LogP contribution in [0.5, 0.6) is 5.75 Å². The maximum Gasteiger partial charge on any atom is 0.322 e. The Bertz CT molecular complexity index is 1440. The number of piperidine rings is 1. The molecule has 0 bridgehead atoms. The number of anilines is 2. The van der Waals surface area contributed by atoms with E-state index in [9.17, 15) is 22.0 Å². The van der Waals surface area contributed by atoms with Crippen LogP contribution in [0.25, 0.3) is 0 Å². The van der Waals surface area contributed by atoms with Crippen LogP contribution in [0.1, 0.15) is 43.7 Å². The molecule has 43 heavy (non-hydrogen) atoms. The van der Waals surface area contributed by atoms with Crippen molar-refractivity contribution in [1.82, 2.24) is 10.2 Å². The number of sulfonamides is 1. The van der Waals surface area contributed by atoms with E-state index < -0.39 is 21.7 Å².